The molecule has 0 saturated heterocycles. The predicted octanol–water partition coefficient (Wildman–Crippen LogP) is 2.63. The Morgan fingerprint density at radius 3 is 2.43 bits per heavy atom. The summed E-state index contributed by atoms with van der Waals surface area (Å²) in [7, 11) is 0. The van der Waals surface area contributed by atoms with Gasteiger partial charge in [0, 0.05) is 5.56 Å². The van der Waals surface area contributed by atoms with Crippen LogP contribution < -0.4 is 0 Å². The monoisotopic (exact) mass is 212 g/mol. The standard InChI is InChI=1S/C10H13ClN2O/c1-9(2)6-5-7(11)12-13-8(6)10(3,4)14-9/h5H,1-4H3. The third kappa shape index (κ3) is 1.31. The third-order valence-corrected chi connectivity index (χ3v) is 2.68. The number of nitrogens with zero attached hydrogens (tertiary/aromatic N) is 2. The second-order valence-electron chi connectivity index (χ2n) is 4.55. The highest BCUT2D eigenvalue weighted by molar-refractivity contribution is 6.29. The van der Waals surface area contributed by atoms with E-state index < -0.39 is 0 Å². The van der Waals surface area contributed by atoms with Crippen molar-refractivity contribution in [2.24, 2.45) is 0 Å². The first-order chi connectivity index (χ1) is 6.33. The van der Waals surface area contributed by atoms with Crippen LogP contribution in [0.15, 0.2) is 6.07 Å². The lowest BCUT2D eigenvalue weighted by molar-refractivity contribution is -0.106. The van der Waals surface area contributed by atoms with Gasteiger partial charge in [0.2, 0.25) is 0 Å². The molecule has 0 saturated carbocycles. The molecule has 4 heteroatoms. The van der Waals surface area contributed by atoms with Crippen LogP contribution in [0.5, 0.6) is 0 Å². The summed E-state index contributed by atoms with van der Waals surface area (Å²) < 4.78 is 5.90. The van der Waals surface area contributed by atoms with Crippen LogP contribution in [-0.4, -0.2) is 10.2 Å². The minimum absolute atomic E-state index is 0.335. The van der Waals surface area contributed by atoms with E-state index in [0.717, 1.165) is 11.3 Å². The summed E-state index contributed by atoms with van der Waals surface area (Å²) >= 11 is 5.81. The molecule has 2 rings (SSSR count). The van der Waals surface area contributed by atoms with E-state index in [-0.39, 0.29) is 11.2 Å². The molecule has 0 spiro atoms. The normalized spacial score (nSPS) is 22.1. The minimum Gasteiger partial charge on any atom is -0.359 e. The number of hydrogen-bond acceptors (Lipinski definition) is 3. The smallest absolute Gasteiger partial charge is 0.152 e. The van der Waals surface area contributed by atoms with Gasteiger partial charge in [0.05, 0.1) is 5.60 Å². The van der Waals surface area contributed by atoms with Crippen LogP contribution in [-0.2, 0) is 15.9 Å². The zero-order valence-corrected chi connectivity index (χ0v) is 9.51. The number of aromatic nitrogens is 2. The third-order valence-electron chi connectivity index (χ3n) is 2.49. The molecule has 1 aliphatic heterocycles. The summed E-state index contributed by atoms with van der Waals surface area (Å²) in [5.41, 5.74) is 1.20. The molecule has 0 aromatic carbocycles. The summed E-state index contributed by atoms with van der Waals surface area (Å²) in [6.45, 7) is 8.00. The van der Waals surface area contributed by atoms with Crippen molar-refractivity contribution >= 4 is 11.6 Å². The van der Waals surface area contributed by atoms with Crippen molar-refractivity contribution in [3.8, 4) is 0 Å². The van der Waals surface area contributed by atoms with Crippen LogP contribution in [0.25, 0.3) is 0 Å². The molecule has 1 aliphatic rings. The van der Waals surface area contributed by atoms with Crippen LogP contribution in [0.2, 0.25) is 5.15 Å². The van der Waals surface area contributed by atoms with E-state index in [9.17, 15) is 0 Å². The SMILES string of the molecule is CC1(C)OC(C)(C)c2nnc(Cl)cc21. The number of fused-ring (bicyclic) bond motifs is 1. The Kier molecular flexibility index (Phi) is 1.88. The first-order valence-electron chi connectivity index (χ1n) is 4.57. The Hall–Kier alpha value is -0.670. The zero-order valence-electron chi connectivity index (χ0n) is 8.76. The van der Waals surface area contributed by atoms with Crippen LogP contribution in [0.3, 0.4) is 0 Å². The van der Waals surface area contributed by atoms with E-state index in [1.54, 1.807) is 0 Å². The lowest BCUT2D eigenvalue weighted by Crippen LogP contribution is -2.22. The molecule has 1 aromatic rings. The molecule has 0 bridgehead atoms. The van der Waals surface area contributed by atoms with E-state index in [1.807, 2.05) is 33.8 Å². The predicted molar refractivity (Wildman–Crippen MR) is 54.2 cm³/mol. The Labute approximate surface area is 88.4 Å². The van der Waals surface area contributed by atoms with Gasteiger partial charge in [-0.05, 0) is 33.8 Å². The van der Waals surface area contributed by atoms with Gasteiger partial charge in [-0.2, -0.15) is 5.10 Å². The molecular weight excluding hydrogens is 200 g/mol. The topological polar surface area (TPSA) is 35.0 Å². The summed E-state index contributed by atoms with van der Waals surface area (Å²) in [6.07, 6.45) is 0. The first-order valence-corrected chi connectivity index (χ1v) is 4.95. The van der Waals surface area contributed by atoms with Crippen molar-refractivity contribution < 1.29 is 4.74 Å². The quantitative estimate of drug-likeness (QED) is 0.663. The van der Waals surface area contributed by atoms with Crippen molar-refractivity contribution in [1.29, 1.82) is 0 Å². The van der Waals surface area contributed by atoms with Crippen molar-refractivity contribution in [3.63, 3.8) is 0 Å². The van der Waals surface area contributed by atoms with Gasteiger partial charge in [-0.15, -0.1) is 5.10 Å². The van der Waals surface area contributed by atoms with Crippen molar-refractivity contribution in [1.82, 2.24) is 10.2 Å². The molecule has 0 fully saturated rings. The Balaban J connectivity index is 2.66. The van der Waals surface area contributed by atoms with Crippen LogP contribution >= 0.6 is 11.6 Å². The van der Waals surface area contributed by atoms with Gasteiger partial charge in [0.15, 0.2) is 5.15 Å². The average molecular weight is 213 g/mol. The van der Waals surface area contributed by atoms with Crippen molar-refractivity contribution in [3.05, 3.63) is 22.5 Å². The maximum atomic E-state index is 5.90. The van der Waals surface area contributed by atoms with Crippen LogP contribution in [0.1, 0.15) is 39.0 Å². The number of halogens is 1. The molecule has 0 atom stereocenters. The molecule has 0 aliphatic carbocycles. The largest absolute Gasteiger partial charge is 0.359 e. The molecule has 3 nitrogen and oxygen atoms in total. The second kappa shape index (κ2) is 2.67. The zero-order chi connectivity index (χ0) is 10.6. The van der Waals surface area contributed by atoms with Crippen molar-refractivity contribution in [2.45, 2.75) is 38.9 Å². The maximum Gasteiger partial charge on any atom is 0.152 e. The van der Waals surface area contributed by atoms with Gasteiger partial charge in [0.1, 0.15) is 11.3 Å². The van der Waals surface area contributed by atoms with Gasteiger partial charge in [-0.1, -0.05) is 11.6 Å². The van der Waals surface area contributed by atoms with E-state index in [0.29, 0.717) is 5.15 Å². The lowest BCUT2D eigenvalue weighted by Gasteiger charge is -2.23. The highest BCUT2D eigenvalue weighted by Crippen LogP contribution is 2.45. The van der Waals surface area contributed by atoms with Crippen molar-refractivity contribution in [2.75, 3.05) is 0 Å². The molecule has 2 heterocycles. The highest BCUT2D eigenvalue weighted by atomic mass is 35.5. The van der Waals surface area contributed by atoms with E-state index in [2.05, 4.69) is 10.2 Å². The summed E-state index contributed by atoms with van der Waals surface area (Å²) in [5.74, 6) is 0. The molecular formula is C10H13ClN2O. The first kappa shape index (κ1) is 9.87. The fraction of sp³-hybridized carbons (Fsp3) is 0.600. The molecule has 0 radical (unpaired) electrons. The van der Waals surface area contributed by atoms with Gasteiger partial charge in [-0.25, -0.2) is 0 Å². The molecule has 0 unspecified atom stereocenters. The Morgan fingerprint density at radius 2 is 1.79 bits per heavy atom. The van der Waals surface area contributed by atoms with Gasteiger partial charge in [0.25, 0.3) is 0 Å². The molecule has 14 heavy (non-hydrogen) atoms. The average Bonchev–Trinajstić information content (AvgIpc) is 2.17. The van der Waals surface area contributed by atoms with Gasteiger partial charge >= 0.3 is 0 Å². The van der Waals surface area contributed by atoms with Crippen LogP contribution in [0.4, 0.5) is 0 Å². The number of ether oxygens (including phenoxy) is 1. The minimum atomic E-state index is -0.379. The molecule has 0 amide bonds. The highest BCUT2D eigenvalue weighted by Gasteiger charge is 2.44. The number of rotatable bonds is 0. The second-order valence-corrected chi connectivity index (χ2v) is 4.94. The maximum absolute atomic E-state index is 5.90. The summed E-state index contributed by atoms with van der Waals surface area (Å²) in [4.78, 5) is 0. The van der Waals surface area contributed by atoms with E-state index >= 15 is 0 Å². The summed E-state index contributed by atoms with van der Waals surface area (Å²) in [6, 6.07) is 1.83. The Bertz CT molecular complexity index is 388. The van der Waals surface area contributed by atoms with E-state index in [4.69, 9.17) is 16.3 Å². The Morgan fingerprint density at radius 1 is 1.14 bits per heavy atom. The summed E-state index contributed by atoms with van der Waals surface area (Å²) in [5, 5.41) is 8.36. The fourth-order valence-corrected chi connectivity index (χ4v) is 2.16. The molecule has 0 N–H and O–H groups in total. The molecule has 76 valence electrons. The molecule has 1 aromatic heterocycles. The van der Waals surface area contributed by atoms with Gasteiger partial charge < -0.3 is 4.74 Å². The number of hydrogen-bond donors (Lipinski definition) is 0. The van der Waals surface area contributed by atoms with Gasteiger partial charge in [-0.3, -0.25) is 0 Å². The van der Waals surface area contributed by atoms with Crippen LogP contribution in [0, 0.1) is 0 Å². The lowest BCUT2D eigenvalue weighted by atomic mass is 9.96. The fourth-order valence-electron chi connectivity index (χ4n) is 2.01. The van der Waals surface area contributed by atoms with E-state index in [1.165, 1.54) is 0 Å².